The number of anilines is 10. The molecular formula is C99H95FI2N6O10. The van der Waals surface area contributed by atoms with Gasteiger partial charge in [0.25, 0.3) is 0 Å². The number of benzene rings is 10. The van der Waals surface area contributed by atoms with E-state index in [2.05, 4.69) is 204 Å². The monoisotopic (exact) mass is 1800 g/mol. The van der Waals surface area contributed by atoms with Gasteiger partial charge in [-0.05, 0) is 318 Å². The van der Waals surface area contributed by atoms with Crippen LogP contribution in [0.5, 0.6) is 0 Å². The van der Waals surface area contributed by atoms with Gasteiger partial charge >= 0.3 is 22.5 Å². The minimum atomic E-state index is -1.00. The minimum absolute atomic E-state index is 0.339. The summed E-state index contributed by atoms with van der Waals surface area (Å²) in [7, 11) is -1.00. The molecule has 0 aliphatic carbocycles. The largest absolute Gasteiger partial charge is 0.422 e. The van der Waals surface area contributed by atoms with Crippen LogP contribution in [0.15, 0.2) is 293 Å². The summed E-state index contributed by atoms with van der Waals surface area (Å²) < 4.78 is 40.0. The summed E-state index contributed by atoms with van der Waals surface area (Å²) in [5.74, 6) is 0. The minimum Gasteiger partial charge on any atom is -0.422 e. The van der Waals surface area contributed by atoms with Crippen molar-refractivity contribution in [1.29, 1.82) is 0 Å². The van der Waals surface area contributed by atoms with Gasteiger partial charge in [-0.15, -0.1) is 0 Å². The summed E-state index contributed by atoms with van der Waals surface area (Å²) in [6.45, 7) is 31.2. The van der Waals surface area contributed by atoms with Crippen molar-refractivity contribution in [1.82, 2.24) is 0 Å². The molecule has 14 rings (SSSR count). The van der Waals surface area contributed by atoms with Crippen LogP contribution in [-0.2, 0) is 0 Å². The number of fused-ring (bicyclic) bond motifs is 4. The average Bonchev–Trinajstić information content (AvgIpc) is 0.820. The Hall–Kier alpha value is -12.5. The molecule has 0 radical (unpaired) electrons. The first-order valence-electron chi connectivity index (χ1n) is 39.7. The maximum Gasteiger partial charge on any atom is 0.343 e. The Morgan fingerprint density at radius 3 is 0.729 bits per heavy atom. The van der Waals surface area contributed by atoms with Gasteiger partial charge in [0.2, 0.25) is 0 Å². The van der Waals surface area contributed by atoms with Crippen molar-refractivity contribution in [3.8, 4) is 0 Å². The summed E-state index contributed by atoms with van der Waals surface area (Å²) in [4.78, 5) is 84.6. The molecule has 4 aromatic heterocycles. The molecule has 0 bridgehead atoms. The summed E-state index contributed by atoms with van der Waals surface area (Å²) in [5, 5.41) is 3.56. The van der Waals surface area contributed by atoms with Crippen LogP contribution in [0.4, 0.5) is 61.3 Å². The molecule has 0 N–H and O–H groups in total. The van der Waals surface area contributed by atoms with Crippen LogP contribution in [-0.4, -0.2) is 72.1 Å². The Morgan fingerprint density at radius 2 is 0.508 bits per heavy atom. The zero-order valence-electron chi connectivity index (χ0n) is 68.4. The first kappa shape index (κ1) is 86.4. The van der Waals surface area contributed by atoms with Crippen LogP contribution in [0, 0.1) is 7.14 Å². The Labute approximate surface area is 716 Å². The molecule has 0 amide bonds. The summed E-state index contributed by atoms with van der Waals surface area (Å²) in [6.07, 6.45) is 12.1. The van der Waals surface area contributed by atoms with Crippen molar-refractivity contribution < 1.29 is 33.0 Å². The SMILES string of the molecule is C=Cc1cc2ccc(N(CC)CC)cc2oc1=O.C=Cc1cc2ccc(N(CC)CC)cc2oc1=O.CCN(CC)c1ccc2cc(/C=C/c3ccc(N(c4ccc(C=O)cc4)c4ccc(/C=C/c5cc6ccc(N(CC)CC)cc6oc5=O)cc4)cc3)c(=O)oc2c1.O=Cc1ccc(N(c2ccc(I)cc2)c2ccc(I)cc2)cc1.[2H]CF. The number of halogens is 3. The highest BCUT2D eigenvalue weighted by Gasteiger charge is 2.17. The normalized spacial score (nSPS) is 11.0. The zero-order valence-corrected chi connectivity index (χ0v) is 71.7. The molecule has 0 aliphatic heterocycles. The fraction of sp³-hybridized carbons (Fsp3) is 0.172. The number of hydrogen-bond acceptors (Lipinski definition) is 16. The van der Waals surface area contributed by atoms with E-state index in [4.69, 9.17) is 19.0 Å². The van der Waals surface area contributed by atoms with E-state index in [1.54, 1.807) is 36.4 Å². The second-order valence-electron chi connectivity index (χ2n) is 26.8. The van der Waals surface area contributed by atoms with E-state index in [1.807, 2.05) is 170 Å². The molecule has 118 heavy (non-hydrogen) atoms. The van der Waals surface area contributed by atoms with Crippen LogP contribution in [0.25, 0.3) is 80.3 Å². The predicted octanol–water partition coefficient (Wildman–Crippen LogP) is 24.5. The lowest BCUT2D eigenvalue weighted by molar-refractivity contribution is 0.111. The average molecular weight is 1800 g/mol. The molecule has 16 nitrogen and oxygen atoms in total. The lowest BCUT2D eigenvalue weighted by Crippen LogP contribution is -2.21. The molecule has 0 fully saturated rings. The Bertz CT molecular complexity index is 5780. The number of rotatable bonds is 26. The van der Waals surface area contributed by atoms with Gasteiger partial charge in [-0.1, -0.05) is 61.7 Å². The number of carbonyl (C=O) groups excluding carboxylic acids is 2. The molecule has 602 valence electrons. The van der Waals surface area contributed by atoms with Crippen LogP contribution >= 0.6 is 45.2 Å². The summed E-state index contributed by atoms with van der Waals surface area (Å²) in [5.41, 5.74) is 16.0. The Morgan fingerprint density at radius 1 is 0.305 bits per heavy atom. The predicted molar refractivity (Wildman–Crippen MR) is 508 cm³/mol. The number of alkyl halides is 1. The van der Waals surface area contributed by atoms with Crippen LogP contribution < -0.4 is 51.9 Å². The molecule has 0 spiro atoms. The van der Waals surface area contributed by atoms with E-state index in [-0.39, 0.29) is 22.5 Å². The summed E-state index contributed by atoms with van der Waals surface area (Å²) in [6, 6.07) is 79.0. The Balaban J connectivity index is 0.000000194. The smallest absolute Gasteiger partial charge is 0.343 e. The third-order valence-electron chi connectivity index (χ3n) is 19.9. The van der Waals surface area contributed by atoms with Crippen LogP contribution in [0.1, 0.15) is 111 Å². The van der Waals surface area contributed by atoms with E-state index >= 15 is 0 Å². The molecule has 0 aliphatic rings. The van der Waals surface area contributed by atoms with Crippen molar-refractivity contribution in [2.75, 3.05) is 88.9 Å². The molecule has 0 atom stereocenters. The third kappa shape index (κ3) is 22.2. The first-order chi connectivity index (χ1) is 57.8. The fourth-order valence-corrected chi connectivity index (χ4v) is 14.2. The second-order valence-corrected chi connectivity index (χ2v) is 29.3. The number of nitrogens with zero attached hydrogens (tertiary/aromatic N) is 6. The molecule has 14 aromatic rings. The zero-order chi connectivity index (χ0) is 85.1. The van der Waals surface area contributed by atoms with Gasteiger partial charge in [0, 0.05) is 173 Å². The van der Waals surface area contributed by atoms with Gasteiger partial charge in [0.15, 0.2) is 0 Å². The molecule has 0 saturated heterocycles. The summed E-state index contributed by atoms with van der Waals surface area (Å²) >= 11 is 4.61. The van der Waals surface area contributed by atoms with Crippen molar-refractivity contribution >= 4 is 195 Å². The maximum atomic E-state index is 12.9. The second kappa shape index (κ2) is 42.9. The van der Waals surface area contributed by atoms with Gasteiger partial charge in [-0.2, -0.15) is 0 Å². The lowest BCUT2D eigenvalue weighted by atomic mass is 10.1. The molecule has 19 heteroatoms. The number of aldehydes is 2. The topological polar surface area (TPSA) is 174 Å². The first-order valence-corrected chi connectivity index (χ1v) is 41.1. The van der Waals surface area contributed by atoms with Crippen LogP contribution in [0.2, 0.25) is 0 Å². The van der Waals surface area contributed by atoms with Gasteiger partial charge in [-0.25, -0.2) is 19.2 Å². The standard InChI is InChI=1S/C49H45N3O5.C19H13I2NO.2C15H17NO2.CH3F/c1-5-50(6-2)44-27-19-37-29-39(48(54)56-46(37)31-44)17-9-34-11-21-41(22-12-34)52(43-25-15-36(33-53)16-26-43)42-23-13-35(14-24-42)10-18-40-30-38-20-28-45(51(7-3)8-4)32-47(38)57-49(40)55;20-15-3-9-18(10-4-15)22(19-11-5-16(21)6-12-19)17-7-1-14(13-23)2-8-17;2*1-4-11-9-12-7-8-13(16(5-2)6-3)10-14(12)18-15(11)17;1-2/h9-33H,5-8H2,1-4H3;1-13H;2*4,7-10H,1,5-6H2,2-3H3;1H3/b17-9+,18-10+;;;;/i;;;;1D. The highest BCUT2D eigenvalue weighted by molar-refractivity contribution is 14.1. The van der Waals surface area contributed by atoms with Crippen LogP contribution in [0.3, 0.4) is 0 Å². The van der Waals surface area contributed by atoms with E-state index in [0.717, 1.165) is 154 Å². The van der Waals surface area contributed by atoms with Gasteiger partial charge in [0.05, 0.1) is 30.8 Å². The van der Waals surface area contributed by atoms with E-state index in [0.29, 0.717) is 55.7 Å². The van der Waals surface area contributed by atoms with E-state index < -0.39 is 7.15 Å². The van der Waals surface area contributed by atoms with Crippen molar-refractivity contribution in [3.63, 3.8) is 0 Å². The van der Waals surface area contributed by atoms with Gasteiger partial charge in [-0.3, -0.25) is 14.0 Å². The van der Waals surface area contributed by atoms with E-state index in [1.165, 1.54) is 19.3 Å². The molecule has 4 heterocycles. The van der Waals surface area contributed by atoms with Crippen molar-refractivity contribution in [2.24, 2.45) is 0 Å². The number of hydrogen-bond donors (Lipinski definition) is 0. The highest BCUT2D eigenvalue weighted by Crippen LogP contribution is 2.38. The molecule has 0 saturated carbocycles. The molecule has 10 aromatic carbocycles. The van der Waals surface area contributed by atoms with Crippen molar-refractivity contribution in [2.45, 2.75) is 55.4 Å². The molecular weight excluding hydrogens is 1710 g/mol. The highest BCUT2D eigenvalue weighted by atomic mass is 127. The van der Waals surface area contributed by atoms with Crippen molar-refractivity contribution in [3.05, 3.63) is 349 Å². The lowest BCUT2D eigenvalue weighted by Gasteiger charge is -2.25. The van der Waals surface area contributed by atoms with Gasteiger partial charge < -0.3 is 47.1 Å². The number of carbonyl (C=O) groups is 2. The fourth-order valence-electron chi connectivity index (χ4n) is 13.4. The Kier molecular flexibility index (Phi) is 31.4. The van der Waals surface area contributed by atoms with E-state index in [9.17, 15) is 33.2 Å². The third-order valence-corrected chi connectivity index (χ3v) is 21.3. The van der Waals surface area contributed by atoms with Gasteiger partial charge in [0.1, 0.15) is 34.9 Å². The maximum absolute atomic E-state index is 12.9. The molecule has 0 unspecified atom stereocenters. The quantitative estimate of drug-likeness (QED) is 0.0284.